The summed E-state index contributed by atoms with van der Waals surface area (Å²) in [6.07, 6.45) is 2.24. The Kier molecular flexibility index (Phi) is 8.47. The van der Waals surface area contributed by atoms with Crippen LogP contribution in [-0.2, 0) is 8.91 Å². The lowest BCUT2D eigenvalue weighted by Crippen LogP contribution is -2.35. The maximum atomic E-state index is 11.3. The van der Waals surface area contributed by atoms with E-state index in [2.05, 4.69) is 38.5 Å². The third kappa shape index (κ3) is 9.62. The summed E-state index contributed by atoms with van der Waals surface area (Å²) in [5, 5.41) is 2.88. The van der Waals surface area contributed by atoms with E-state index in [0.717, 1.165) is 19.0 Å². The van der Waals surface area contributed by atoms with Gasteiger partial charge in [0.1, 0.15) is 0 Å². The summed E-state index contributed by atoms with van der Waals surface area (Å²) in [5.41, 5.74) is 0.579. The van der Waals surface area contributed by atoms with E-state index in [4.69, 9.17) is 4.12 Å². The van der Waals surface area contributed by atoms with Gasteiger partial charge >= 0.3 is 0 Å². The van der Waals surface area contributed by atoms with Crippen molar-refractivity contribution in [3.63, 3.8) is 0 Å². The van der Waals surface area contributed by atoms with Crippen LogP contribution < -0.4 is 5.32 Å². The summed E-state index contributed by atoms with van der Waals surface area (Å²) in [4.78, 5) is 11.3. The van der Waals surface area contributed by atoms with Crippen molar-refractivity contribution in [3.05, 3.63) is 12.2 Å². The molecule has 106 valence electrons. The molecule has 0 aromatic carbocycles. The normalized spacial score (nSPS) is 13.2. The molecular formula is C13H29NO2Si2. The summed E-state index contributed by atoms with van der Waals surface area (Å²) in [6, 6.07) is 2.41. The summed E-state index contributed by atoms with van der Waals surface area (Å²) in [6.45, 7) is 15.1. The zero-order valence-electron chi connectivity index (χ0n) is 12.6. The third-order valence-corrected chi connectivity index (χ3v) is 8.94. The van der Waals surface area contributed by atoms with Crippen molar-refractivity contribution in [1.29, 1.82) is 0 Å². The molecule has 3 nitrogen and oxygen atoms in total. The number of carbonyl (C=O) groups excluding carboxylic acids is 1. The lowest BCUT2D eigenvalue weighted by Gasteiger charge is -2.25. The van der Waals surface area contributed by atoms with Crippen molar-refractivity contribution in [2.24, 2.45) is 0 Å². The van der Waals surface area contributed by atoms with Gasteiger partial charge in [-0.15, -0.1) is 0 Å². The summed E-state index contributed by atoms with van der Waals surface area (Å²) >= 11 is 0. The highest BCUT2D eigenvalue weighted by atomic mass is 28.4. The van der Waals surface area contributed by atoms with Crippen LogP contribution in [0.25, 0.3) is 0 Å². The molecule has 1 amide bonds. The van der Waals surface area contributed by atoms with Gasteiger partial charge in [-0.05, 0) is 45.1 Å². The average Bonchev–Trinajstić information content (AvgIpc) is 2.21. The summed E-state index contributed by atoms with van der Waals surface area (Å²) in [5.74, 6) is -0.0326. The third-order valence-electron chi connectivity index (χ3n) is 2.51. The maximum absolute atomic E-state index is 11.3. The van der Waals surface area contributed by atoms with Crippen LogP contribution in [0, 0.1) is 0 Å². The SMILES string of the molecule is C=C(C)C(=O)NCCC[SiH](CCC)O[Si](C)(C)C. The molecule has 0 aliphatic rings. The summed E-state index contributed by atoms with van der Waals surface area (Å²) in [7, 11) is -2.46. The average molecular weight is 288 g/mol. The monoisotopic (exact) mass is 287 g/mol. The Morgan fingerprint density at radius 2 is 1.94 bits per heavy atom. The Labute approximate surface area is 115 Å². The number of carbonyl (C=O) groups is 1. The Bertz CT molecular complexity index is 275. The number of hydrogen-bond acceptors (Lipinski definition) is 2. The van der Waals surface area contributed by atoms with Gasteiger partial charge in [0.15, 0.2) is 17.4 Å². The van der Waals surface area contributed by atoms with Crippen molar-refractivity contribution in [2.75, 3.05) is 6.54 Å². The predicted molar refractivity (Wildman–Crippen MR) is 83.9 cm³/mol. The van der Waals surface area contributed by atoms with Gasteiger partial charge in [-0.2, -0.15) is 0 Å². The molecule has 0 radical (unpaired) electrons. The van der Waals surface area contributed by atoms with Gasteiger partial charge in [-0.3, -0.25) is 4.79 Å². The molecule has 0 aliphatic heterocycles. The molecule has 0 saturated heterocycles. The van der Waals surface area contributed by atoms with Crippen molar-refractivity contribution < 1.29 is 8.91 Å². The van der Waals surface area contributed by atoms with Crippen LogP contribution >= 0.6 is 0 Å². The van der Waals surface area contributed by atoms with Crippen molar-refractivity contribution >= 4 is 23.3 Å². The molecule has 0 aromatic rings. The molecule has 18 heavy (non-hydrogen) atoms. The first kappa shape index (κ1) is 17.6. The first-order chi connectivity index (χ1) is 8.26. The van der Waals surface area contributed by atoms with E-state index < -0.39 is 17.4 Å². The lowest BCUT2D eigenvalue weighted by atomic mass is 10.3. The second-order valence-electron chi connectivity index (χ2n) is 5.82. The van der Waals surface area contributed by atoms with Crippen LogP contribution in [0.1, 0.15) is 26.7 Å². The second-order valence-corrected chi connectivity index (χ2v) is 13.4. The molecule has 0 heterocycles. The molecule has 1 unspecified atom stereocenters. The molecular weight excluding hydrogens is 258 g/mol. The van der Waals surface area contributed by atoms with Crippen molar-refractivity contribution in [1.82, 2.24) is 5.32 Å². The van der Waals surface area contributed by atoms with Crippen LogP contribution in [0.2, 0.25) is 31.7 Å². The molecule has 0 saturated carbocycles. The highest BCUT2D eigenvalue weighted by Gasteiger charge is 2.21. The van der Waals surface area contributed by atoms with Gasteiger partial charge in [0, 0.05) is 12.1 Å². The molecule has 1 N–H and O–H groups in total. The van der Waals surface area contributed by atoms with Crippen molar-refractivity contribution in [2.45, 2.75) is 58.4 Å². The molecule has 0 rings (SSSR count). The summed E-state index contributed by atoms with van der Waals surface area (Å²) < 4.78 is 6.28. The zero-order valence-corrected chi connectivity index (χ0v) is 14.8. The smallest absolute Gasteiger partial charge is 0.246 e. The Balaban J connectivity index is 3.90. The fraction of sp³-hybridized carbons (Fsp3) is 0.769. The minimum atomic E-state index is -1.40. The van der Waals surface area contributed by atoms with Gasteiger partial charge < -0.3 is 9.43 Å². The van der Waals surface area contributed by atoms with Crippen LogP contribution in [0.5, 0.6) is 0 Å². The zero-order chi connectivity index (χ0) is 14.2. The first-order valence-corrected chi connectivity index (χ1v) is 12.4. The molecule has 0 spiro atoms. The van der Waals surface area contributed by atoms with Gasteiger partial charge in [-0.25, -0.2) is 0 Å². The maximum Gasteiger partial charge on any atom is 0.246 e. The van der Waals surface area contributed by atoms with Gasteiger partial charge in [0.25, 0.3) is 0 Å². The molecule has 0 aromatic heterocycles. The largest absolute Gasteiger partial charge is 0.458 e. The van der Waals surface area contributed by atoms with E-state index >= 15 is 0 Å². The highest BCUT2D eigenvalue weighted by Crippen LogP contribution is 2.14. The lowest BCUT2D eigenvalue weighted by molar-refractivity contribution is -0.117. The standard InChI is InChI=1S/C13H29NO2Si2/c1-7-10-17(16-18(4,5)6)11-8-9-14-13(15)12(2)3/h17H,2,7-11H2,1,3-6H3,(H,14,15). The molecule has 1 atom stereocenters. The molecule has 5 heteroatoms. The van der Waals surface area contributed by atoms with Crippen molar-refractivity contribution in [3.8, 4) is 0 Å². The van der Waals surface area contributed by atoms with Crippen LogP contribution in [0.15, 0.2) is 12.2 Å². The van der Waals surface area contributed by atoms with Crippen LogP contribution in [0.4, 0.5) is 0 Å². The van der Waals surface area contributed by atoms with E-state index in [9.17, 15) is 4.79 Å². The quantitative estimate of drug-likeness (QED) is 0.402. The Hall–Kier alpha value is -0.396. The minimum Gasteiger partial charge on any atom is -0.458 e. The van der Waals surface area contributed by atoms with E-state index in [1.807, 2.05) is 0 Å². The Morgan fingerprint density at radius 1 is 1.33 bits per heavy atom. The number of rotatable bonds is 9. The number of amides is 1. The number of hydrogen-bond donors (Lipinski definition) is 1. The highest BCUT2D eigenvalue weighted by molar-refractivity contribution is 6.77. The van der Waals surface area contributed by atoms with E-state index in [-0.39, 0.29) is 5.91 Å². The van der Waals surface area contributed by atoms with Crippen LogP contribution in [0.3, 0.4) is 0 Å². The fourth-order valence-corrected chi connectivity index (χ4v) is 8.30. The number of nitrogens with one attached hydrogen (secondary N) is 1. The topological polar surface area (TPSA) is 38.3 Å². The van der Waals surface area contributed by atoms with Gasteiger partial charge in [-0.1, -0.05) is 19.9 Å². The van der Waals surface area contributed by atoms with Gasteiger partial charge in [0.2, 0.25) is 5.91 Å². The molecule has 0 fully saturated rings. The van der Waals surface area contributed by atoms with E-state index in [1.54, 1.807) is 6.92 Å². The minimum absolute atomic E-state index is 0.0326. The van der Waals surface area contributed by atoms with E-state index in [1.165, 1.54) is 12.5 Å². The van der Waals surface area contributed by atoms with Crippen LogP contribution in [-0.4, -0.2) is 29.8 Å². The molecule has 0 aliphatic carbocycles. The van der Waals surface area contributed by atoms with Gasteiger partial charge in [0.05, 0.1) is 0 Å². The first-order valence-electron chi connectivity index (χ1n) is 6.87. The van der Waals surface area contributed by atoms with E-state index in [0.29, 0.717) is 5.57 Å². The fourth-order valence-electron chi connectivity index (χ4n) is 1.77. The second kappa shape index (κ2) is 8.66. The Morgan fingerprint density at radius 3 is 2.39 bits per heavy atom. The predicted octanol–water partition coefficient (Wildman–Crippen LogP) is 3.05. The molecule has 0 bridgehead atoms.